The van der Waals surface area contributed by atoms with E-state index in [9.17, 15) is 0 Å². The van der Waals surface area contributed by atoms with Crippen molar-refractivity contribution in [2.75, 3.05) is 53.0 Å². The van der Waals surface area contributed by atoms with Crippen LogP contribution in [-0.4, -0.2) is 80.0 Å². The van der Waals surface area contributed by atoms with Gasteiger partial charge in [0.25, 0.3) is 0 Å². The van der Waals surface area contributed by atoms with Crippen molar-refractivity contribution in [3.8, 4) is 0 Å². The third-order valence-electron chi connectivity index (χ3n) is 5.02. The number of rotatable bonds is 6. The highest BCUT2D eigenvalue weighted by Crippen LogP contribution is 2.31. The van der Waals surface area contributed by atoms with E-state index in [0.717, 1.165) is 51.1 Å². The van der Waals surface area contributed by atoms with E-state index in [0.29, 0.717) is 6.54 Å². The molecular formula is C17H29N7O. The van der Waals surface area contributed by atoms with Crippen molar-refractivity contribution in [2.24, 2.45) is 9.98 Å². The molecule has 3 N–H and O–H groups in total. The first-order chi connectivity index (χ1) is 12.1. The van der Waals surface area contributed by atoms with Crippen molar-refractivity contribution in [1.29, 1.82) is 0 Å². The Balaban J connectivity index is 1.65. The van der Waals surface area contributed by atoms with Crippen molar-refractivity contribution >= 4 is 11.7 Å². The monoisotopic (exact) mass is 347 g/mol. The van der Waals surface area contributed by atoms with E-state index in [-0.39, 0.29) is 5.54 Å². The van der Waals surface area contributed by atoms with Crippen molar-refractivity contribution in [2.45, 2.75) is 19.4 Å². The van der Waals surface area contributed by atoms with E-state index < -0.39 is 0 Å². The largest absolute Gasteiger partial charge is 0.379 e. The molecule has 0 aromatic carbocycles. The van der Waals surface area contributed by atoms with Crippen LogP contribution >= 0.6 is 0 Å². The Morgan fingerprint density at radius 3 is 3.04 bits per heavy atom. The molecule has 1 saturated heterocycles. The fraction of sp³-hybridized carbons (Fsp3) is 0.647. The smallest absolute Gasteiger partial charge is 0.172 e. The van der Waals surface area contributed by atoms with E-state index in [1.54, 1.807) is 0 Å². The molecule has 0 aromatic heterocycles. The van der Waals surface area contributed by atoms with Gasteiger partial charge in [-0.2, -0.15) is 0 Å². The second-order valence-electron chi connectivity index (χ2n) is 6.65. The van der Waals surface area contributed by atoms with E-state index in [2.05, 4.69) is 39.8 Å². The summed E-state index contributed by atoms with van der Waals surface area (Å²) >= 11 is 0. The minimum Gasteiger partial charge on any atom is -0.379 e. The number of nitrogens with one attached hydrogen (secondary N) is 3. The maximum absolute atomic E-state index is 5.39. The quantitative estimate of drug-likeness (QED) is 0.582. The zero-order valence-electron chi connectivity index (χ0n) is 15.4. The standard InChI is InChI=1S/C17H29N7O/c1-14(12-22-18-3)17(2)13-21-16-15(20-5-7-24(16)17)19-4-6-23-8-10-25-11-9-23/h5,7,12,18,22H,4,6,8-11,13H2,1-3H3,(H,19,20)/b14-12+. The normalized spacial score (nSPS) is 28.8. The highest BCUT2D eigenvalue weighted by molar-refractivity contribution is 6.42. The first-order valence-corrected chi connectivity index (χ1v) is 8.86. The van der Waals surface area contributed by atoms with Crippen molar-refractivity contribution in [3.05, 3.63) is 24.2 Å². The molecule has 8 heteroatoms. The molecule has 3 aliphatic rings. The number of morpholine rings is 1. The molecule has 1 fully saturated rings. The molecule has 0 saturated carbocycles. The van der Waals surface area contributed by atoms with Crippen LogP contribution in [0.25, 0.3) is 0 Å². The zero-order chi connectivity index (χ0) is 17.7. The van der Waals surface area contributed by atoms with E-state index in [4.69, 9.17) is 14.7 Å². The maximum atomic E-state index is 5.39. The van der Waals surface area contributed by atoms with Crippen molar-refractivity contribution in [1.82, 2.24) is 26.0 Å². The van der Waals surface area contributed by atoms with Gasteiger partial charge in [-0.1, -0.05) is 0 Å². The molecule has 0 bridgehead atoms. The van der Waals surface area contributed by atoms with E-state index in [1.807, 2.05) is 25.6 Å². The van der Waals surface area contributed by atoms with Crippen LogP contribution in [0.15, 0.2) is 34.2 Å². The number of hydrogen-bond donors (Lipinski definition) is 3. The first kappa shape index (κ1) is 17.9. The minimum absolute atomic E-state index is 0.178. The summed E-state index contributed by atoms with van der Waals surface area (Å²) in [5, 5.41) is 3.25. The van der Waals surface area contributed by atoms with Gasteiger partial charge in [0.15, 0.2) is 11.7 Å². The van der Waals surface area contributed by atoms with Crippen LogP contribution in [0.4, 0.5) is 0 Å². The molecule has 0 radical (unpaired) electrons. The molecule has 3 rings (SSSR count). The number of hydrazine groups is 1. The van der Waals surface area contributed by atoms with Gasteiger partial charge in [0.2, 0.25) is 0 Å². The summed E-state index contributed by atoms with van der Waals surface area (Å²) in [7, 11) is 1.85. The average molecular weight is 347 g/mol. The lowest BCUT2D eigenvalue weighted by Crippen LogP contribution is -2.51. The van der Waals surface area contributed by atoms with Gasteiger partial charge in [0.05, 0.1) is 31.8 Å². The molecule has 8 nitrogen and oxygen atoms in total. The minimum atomic E-state index is -0.178. The van der Waals surface area contributed by atoms with Gasteiger partial charge in [-0.05, 0) is 19.4 Å². The Hall–Kier alpha value is -1.90. The molecule has 25 heavy (non-hydrogen) atoms. The predicted octanol–water partition coefficient (Wildman–Crippen LogP) is -0.108. The molecule has 0 aliphatic carbocycles. The topological polar surface area (TPSA) is 76.5 Å². The molecule has 0 spiro atoms. The lowest BCUT2D eigenvalue weighted by molar-refractivity contribution is 0.0394. The van der Waals surface area contributed by atoms with Crippen LogP contribution in [0.1, 0.15) is 13.8 Å². The van der Waals surface area contributed by atoms with E-state index in [1.165, 1.54) is 5.57 Å². The second kappa shape index (κ2) is 7.99. The molecule has 0 amide bonds. The Bertz CT molecular complexity index is 592. The average Bonchev–Trinajstić information content (AvgIpc) is 3.00. The highest BCUT2D eigenvalue weighted by Gasteiger charge is 2.42. The molecule has 1 atom stereocenters. The number of hydrogen-bond acceptors (Lipinski definition) is 7. The van der Waals surface area contributed by atoms with Gasteiger partial charge < -0.3 is 20.4 Å². The Morgan fingerprint density at radius 1 is 1.48 bits per heavy atom. The van der Waals surface area contributed by atoms with Gasteiger partial charge >= 0.3 is 0 Å². The summed E-state index contributed by atoms with van der Waals surface area (Å²) in [4.78, 5) is 14.1. The summed E-state index contributed by atoms with van der Waals surface area (Å²) in [6.45, 7) is 10.4. The molecule has 138 valence electrons. The van der Waals surface area contributed by atoms with Gasteiger partial charge in [0.1, 0.15) is 0 Å². The summed E-state index contributed by atoms with van der Waals surface area (Å²) in [6, 6.07) is 0. The maximum Gasteiger partial charge on any atom is 0.172 e. The zero-order valence-corrected chi connectivity index (χ0v) is 15.4. The number of amidine groups is 2. The van der Waals surface area contributed by atoms with Crippen LogP contribution in [0, 0.1) is 0 Å². The SMILES string of the molecule is CNN/C=C(\C)C1(C)CN=C2C(=NCCN3CCOCC3)NC=CN21. The molecule has 1 unspecified atom stereocenters. The molecule has 3 aliphatic heterocycles. The van der Waals surface area contributed by atoms with Crippen molar-refractivity contribution in [3.63, 3.8) is 0 Å². The predicted molar refractivity (Wildman–Crippen MR) is 100 cm³/mol. The number of nitrogens with zero attached hydrogens (tertiary/aromatic N) is 4. The first-order valence-electron chi connectivity index (χ1n) is 8.86. The van der Waals surface area contributed by atoms with Gasteiger partial charge in [-0.25, -0.2) is 5.43 Å². The van der Waals surface area contributed by atoms with Gasteiger partial charge in [-0.3, -0.25) is 14.9 Å². The molecule has 0 aromatic rings. The summed E-state index contributed by atoms with van der Waals surface area (Å²) in [5.41, 5.74) is 7.01. The number of aliphatic imine (C=N–C) groups is 2. The Kier molecular flexibility index (Phi) is 5.72. The summed E-state index contributed by atoms with van der Waals surface area (Å²) in [6.07, 6.45) is 5.97. The van der Waals surface area contributed by atoms with Gasteiger partial charge in [0, 0.05) is 45.3 Å². The second-order valence-corrected chi connectivity index (χ2v) is 6.65. The lowest BCUT2D eigenvalue weighted by Gasteiger charge is -2.37. The van der Waals surface area contributed by atoms with E-state index >= 15 is 0 Å². The Morgan fingerprint density at radius 2 is 2.28 bits per heavy atom. The fourth-order valence-electron chi connectivity index (χ4n) is 3.19. The third kappa shape index (κ3) is 3.86. The van der Waals surface area contributed by atoms with Crippen LogP contribution in [0.3, 0.4) is 0 Å². The fourth-order valence-corrected chi connectivity index (χ4v) is 3.19. The van der Waals surface area contributed by atoms with Crippen molar-refractivity contribution < 1.29 is 4.74 Å². The van der Waals surface area contributed by atoms with Crippen LogP contribution in [-0.2, 0) is 4.74 Å². The van der Waals surface area contributed by atoms with Gasteiger partial charge in [-0.15, -0.1) is 0 Å². The number of fused-ring (bicyclic) bond motifs is 1. The number of ether oxygens (including phenoxy) is 1. The Labute approximate surface area is 149 Å². The molecular weight excluding hydrogens is 318 g/mol. The summed E-state index contributed by atoms with van der Waals surface area (Å²) < 4.78 is 5.39. The van der Waals surface area contributed by atoms with Crippen LogP contribution in [0.2, 0.25) is 0 Å². The molecule has 3 heterocycles. The third-order valence-corrected chi connectivity index (χ3v) is 5.02. The summed E-state index contributed by atoms with van der Waals surface area (Å²) in [5.74, 6) is 1.78. The van der Waals surface area contributed by atoms with Crippen LogP contribution in [0.5, 0.6) is 0 Å². The van der Waals surface area contributed by atoms with Crippen LogP contribution < -0.4 is 16.2 Å². The lowest BCUT2D eigenvalue weighted by atomic mass is 9.92. The highest BCUT2D eigenvalue weighted by atomic mass is 16.5.